The van der Waals surface area contributed by atoms with Crippen LogP contribution in [-0.2, 0) is 4.79 Å². The number of carbonyl (C=O) groups is 1. The number of aldehydes is 1. The van der Waals surface area contributed by atoms with Crippen molar-refractivity contribution in [1.29, 1.82) is 0 Å². The van der Waals surface area contributed by atoms with Gasteiger partial charge < -0.3 is 9.53 Å². The molecule has 0 bridgehead atoms. The Hall–Kier alpha value is -1.45. The molecule has 1 atom stereocenters. The van der Waals surface area contributed by atoms with Gasteiger partial charge in [-0.3, -0.25) is 0 Å². The normalized spacial score (nSPS) is 12.3. The molecule has 1 aromatic carbocycles. The van der Waals surface area contributed by atoms with Crippen molar-refractivity contribution in [2.75, 3.05) is 7.11 Å². The first kappa shape index (κ1) is 10.6. The van der Waals surface area contributed by atoms with Crippen LogP contribution in [0.4, 0.5) is 8.78 Å². The molecule has 0 aliphatic rings. The minimum Gasteiger partial charge on any atom is -0.491 e. The van der Waals surface area contributed by atoms with Crippen LogP contribution in [0.15, 0.2) is 12.1 Å². The Morgan fingerprint density at radius 1 is 1.36 bits per heavy atom. The predicted octanol–water partition coefficient (Wildman–Crippen LogP) is 2.28. The number of benzene rings is 1. The Kier molecular flexibility index (Phi) is 3.17. The monoisotopic (exact) mass is 200 g/mol. The number of hydrogen-bond acceptors (Lipinski definition) is 2. The minimum absolute atomic E-state index is 0.302. The molecule has 14 heavy (non-hydrogen) atoms. The molecule has 0 aromatic heterocycles. The molecular formula is C10H10F2O2. The van der Waals surface area contributed by atoms with Crippen molar-refractivity contribution in [2.45, 2.75) is 12.8 Å². The summed E-state index contributed by atoms with van der Waals surface area (Å²) in [7, 11) is 1.18. The molecule has 76 valence electrons. The van der Waals surface area contributed by atoms with Gasteiger partial charge in [0.1, 0.15) is 6.29 Å². The second kappa shape index (κ2) is 4.17. The third-order valence-corrected chi connectivity index (χ3v) is 1.95. The number of methoxy groups -OCH3 is 1. The summed E-state index contributed by atoms with van der Waals surface area (Å²) >= 11 is 0. The molecule has 0 saturated carbocycles. The molecule has 1 aromatic rings. The highest BCUT2D eigenvalue weighted by atomic mass is 19.1. The Morgan fingerprint density at radius 2 is 1.86 bits per heavy atom. The van der Waals surface area contributed by atoms with Gasteiger partial charge in [0, 0.05) is 5.92 Å². The summed E-state index contributed by atoms with van der Waals surface area (Å²) in [5, 5.41) is 0. The van der Waals surface area contributed by atoms with Crippen LogP contribution in [-0.4, -0.2) is 13.4 Å². The van der Waals surface area contributed by atoms with Crippen molar-refractivity contribution >= 4 is 6.29 Å². The summed E-state index contributed by atoms with van der Waals surface area (Å²) < 4.78 is 30.8. The second-order valence-corrected chi connectivity index (χ2v) is 2.94. The van der Waals surface area contributed by atoms with Crippen LogP contribution < -0.4 is 4.74 Å². The van der Waals surface area contributed by atoms with Crippen LogP contribution in [0.25, 0.3) is 0 Å². The molecule has 0 radical (unpaired) electrons. The van der Waals surface area contributed by atoms with Gasteiger partial charge in [0.2, 0.25) is 0 Å². The Balaban J connectivity index is 3.20. The van der Waals surface area contributed by atoms with Crippen molar-refractivity contribution in [1.82, 2.24) is 0 Å². The van der Waals surface area contributed by atoms with Gasteiger partial charge in [-0.15, -0.1) is 0 Å². The van der Waals surface area contributed by atoms with Gasteiger partial charge in [-0.2, -0.15) is 0 Å². The van der Waals surface area contributed by atoms with Gasteiger partial charge in [0.05, 0.1) is 7.11 Å². The molecular weight excluding hydrogens is 190 g/mol. The zero-order chi connectivity index (χ0) is 10.7. The lowest BCUT2D eigenvalue weighted by molar-refractivity contribution is -0.108. The van der Waals surface area contributed by atoms with E-state index in [0.29, 0.717) is 11.8 Å². The van der Waals surface area contributed by atoms with E-state index >= 15 is 0 Å². The fourth-order valence-corrected chi connectivity index (χ4v) is 1.12. The molecule has 0 heterocycles. The van der Waals surface area contributed by atoms with Crippen molar-refractivity contribution in [3.05, 3.63) is 29.3 Å². The Bertz CT molecular complexity index is 327. The van der Waals surface area contributed by atoms with E-state index in [1.807, 2.05) is 0 Å². The minimum atomic E-state index is -0.795. The first-order chi connectivity index (χ1) is 6.60. The average Bonchev–Trinajstić information content (AvgIpc) is 2.16. The highest BCUT2D eigenvalue weighted by Crippen LogP contribution is 2.25. The number of carbonyl (C=O) groups excluding carboxylic acids is 1. The van der Waals surface area contributed by atoms with Gasteiger partial charge in [-0.25, -0.2) is 8.78 Å². The summed E-state index contributed by atoms with van der Waals surface area (Å²) in [6.07, 6.45) is 0.626. The quantitative estimate of drug-likeness (QED) is 0.699. The van der Waals surface area contributed by atoms with Gasteiger partial charge in [0.25, 0.3) is 0 Å². The van der Waals surface area contributed by atoms with E-state index in [0.717, 1.165) is 12.1 Å². The molecule has 2 nitrogen and oxygen atoms in total. The number of ether oxygens (including phenoxy) is 1. The molecule has 0 aliphatic carbocycles. The molecule has 0 aliphatic heterocycles. The Labute approximate surface area is 80.5 Å². The number of rotatable bonds is 3. The predicted molar refractivity (Wildman–Crippen MR) is 47.4 cm³/mol. The highest BCUT2D eigenvalue weighted by Gasteiger charge is 2.14. The molecule has 4 heteroatoms. The van der Waals surface area contributed by atoms with Crippen LogP contribution in [0.3, 0.4) is 0 Å². The van der Waals surface area contributed by atoms with Gasteiger partial charge in [-0.1, -0.05) is 6.92 Å². The second-order valence-electron chi connectivity index (χ2n) is 2.94. The molecule has 0 saturated heterocycles. The van der Waals surface area contributed by atoms with E-state index in [1.165, 1.54) is 7.11 Å². The lowest BCUT2D eigenvalue weighted by Gasteiger charge is -2.08. The van der Waals surface area contributed by atoms with Gasteiger partial charge >= 0.3 is 0 Å². The van der Waals surface area contributed by atoms with Crippen molar-refractivity contribution in [2.24, 2.45) is 0 Å². The topological polar surface area (TPSA) is 26.3 Å². The lowest BCUT2D eigenvalue weighted by Crippen LogP contribution is -1.99. The first-order valence-electron chi connectivity index (χ1n) is 4.08. The fourth-order valence-electron chi connectivity index (χ4n) is 1.12. The summed E-state index contributed by atoms with van der Waals surface area (Å²) in [5.41, 5.74) is 0.302. The van der Waals surface area contributed by atoms with Crippen molar-refractivity contribution < 1.29 is 18.3 Å². The molecule has 0 fully saturated rings. The Morgan fingerprint density at radius 3 is 2.21 bits per heavy atom. The highest BCUT2D eigenvalue weighted by molar-refractivity contribution is 5.61. The average molecular weight is 200 g/mol. The molecule has 0 spiro atoms. The van der Waals surface area contributed by atoms with E-state index < -0.39 is 23.3 Å². The maximum Gasteiger partial charge on any atom is 0.190 e. The van der Waals surface area contributed by atoms with Gasteiger partial charge in [0.15, 0.2) is 17.4 Å². The number of hydrogen-bond donors (Lipinski definition) is 0. The smallest absolute Gasteiger partial charge is 0.190 e. The van der Waals surface area contributed by atoms with E-state index in [9.17, 15) is 13.6 Å². The maximum absolute atomic E-state index is 13.1. The van der Waals surface area contributed by atoms with Crippen LogP contribution >= 0.6 is 0 Å². The first-order valence-corrected chi connectivity index (χ1v) is 4.08. The van der Waals surface area contributed by atoms with E-state index in [2.05, 4.69) is 4.74 Å². The van der Waals surface area contributed by atoms with Crippen LogP contribution in [0.1, 0.15) is 18.4 Å². The fraction of sp³-hybridized carbons (Fsp3) is 0.300. The third-order valence-electron chi connectivity index (χ3n) is 1.95. The zero-order valence-electron chi connectivity index (χ0n) is 7.88. The molecule has 1 unspecified atom stereocenters. The van der Waals surface area contributed by atoms with Crippen LogP contribution in [0, 0.1) is 11.6 Å². The van der Waals surface area contributed by atoms with Crippen LogP contribution in [0.2, 0.25) is 0 Å². The SMILES string of the molecule is COc1c(F)cc(C(C)C=O)cc1F. The maximum atomic E-state index is 13.1. The van der Waals surface area contributed by atoms with Crippen LogP contribution in [0.5, 0.6) is 5.75 Å². The summed E-state index contributed by atoms with van der Waals surface area (Å²) in [6.45, 7) is 1.56. The molecule has 0 amide bonds. The van der Waals surface area contributed by atoms with Crippen molar-refractivity contribution in [3.8, 4) is 5.75 Å². The molecule has 0 N–H and O–H groups in total. The van der Waals surface area contributed by atoms with Crippen molar-refractivity contribution in [3.63, 3.8) is 0 Å². The largest absolute Gasteiger partial charge is 0.491 e. The van der Waals surface area contributed by atoms with E-state index in [-0.39, 0.29) is 0 Å². The van der Waals surface area contributed by atoms with E-state index in [4.69, 9.17) is 0 Å². The number of halogens is 2. The van der Waals surface area contributed by atoms with Gasteiger partial charge in [-0.05, 0) is 17.7 Å². The third kappa shape index (κ3) is 1.89. The standard InChI is InChI=1S/C10H10F2O2/c1-6(5-13)7-3-8(11)10(14-2)9(12)4-7/h3-6H,1-2H3. The zero-order valence-corrected chi connectivity index (χ0v) is 7.88. The summed E-state index contributed by atoms with van der Waals surface area (Å²) in [6, 6.07) is 2.20. The summed E-state index contributed by atoms with van der Waals surface area (Å²) in [5.74, 6) is -2.54. The van der Waals surface area contributed by atoms with E-state index in [1.54, 1.807) is 6.92 Å². The molecule has 1 rings (SSSR count). The lowest BCUT2D eigenvalue weighted by atomic mass is 10.0. The summed E-state index contributed by atoms with van der Waals surface area (Å²) in [4.78, 5) is 10.4.